The number of carbonyl (C=O) groups excluding carboxylic acids is 1. The van der Waals surface area contributed by atoms with Crippen LogP contribution in [0, 0.1) is 6.92 Å². The van der Waals surface area contributed by atoms with Crippen molar-refractivity contribution in [1.82, 2.24) is 4.90 Å². The number of ether oxygens (including phenoxy) is 1. The van der Waals surface area contributed by atoms with E-state index in [2.05, 4.69) is 0 Å². The Labute approximate surface area is 105 Å². The summed E-state index contributed by atoms with van der Waals surface area (Å²) in [5, 5.41) is 13.0. The number of aryl methyl sites for hydroxylation is 1. The lowest BCUT2D eigenvalue weighted by molar-refractivity contribution is -0.0667. The van der Waals surface area contributed by atoms with E-state index in [-0.39, 0.29) is 24.7 Å². The van der Waals surface area contributed by atoms with Gasteiger partial charge >= 0.3 is 0 Å². The quantitative estimate of drug-likeness (QED) is 0.866. The van der Waals surface area contributed by atoms with Crippen molar-refractivity contribution in [2.75, 3.05) is 19.8 Å². The van der Waals surface area contributed by atoms with E-state index >= 15 is 0 Å². The Morgan fingerprint density at radius 2 is 2.41 bits per heavy atom. The second-order valence-corrected chi connectivity index (χ2v) is 5.16. The molecule has 1 saturated heterocycles. The lowest BCUT2D eigenvalue weighted by Crippen LogP contribution is -2.52. The molecule has 2 atom stereocenters. The highest BCUT2D eigenvalue weighted by Crippen LogP contribution is 2.20. The minimum Gasteiger partial charge on any atom is -0.394 e. The molecule has 1 fully saturated rings. The van der Waals surface area contributed by atoms with Crippen LogP contribution in [0.3, 0.4) is 0 Å². The van der Waals surface area contributed by atoms with E-state index < -0.39 is 0 Å². The Hall–Kier alpha value is -0.910. The average molecular weight is 255 g/mol. The topological polar surface area (TPSA) is 49.8 Å². The lowest BCUT2D eigenvalue weighted by Gasteiger charge is -2.37. The van der Waals surface area contributed by atoms with Gasteiger partial charge in [-0.05, 0) is 24.8 Å². The van der Waals surface area contributed by atoms with Gasteiger partial charge in [0, 0.05) is 11.9 Å². The summed E-state index contributed by atoms with van der Waals surface area (Å²) in [4.78, 5) is 14.1. The molecule has 2 rings (SSSR count). The van der Waals surface area contributed by atoms with Gasteiger partial charge in [0.15, 0.2) is 0 Å². The molecule has 1 aliphatic heterocycles. The van der Waals surface area contributed by atoms with E-state index in [1.54, 1.807) is 4.90 Å². The number of morpholine rings is 1. The monoisotopic (exact) mass is 255 g/mol. The van der Waals surface area contributed by atoms with E-state index in [0.29, 0.717) is 13.2 Å². The van der Waals surface area contributed by atoms with Crippen molar-refractivity contribution in [2.24, 2.45) is 0 Å². The smallest absolute Gasteiger partial charge is 0.255 e. The third-order valence-electron chi connectivity index (χ3n) is 3.06. The molecule has 1 amide bonds. The maximum absolute atomic E-state index is 12.3. The Morgan fingerprint density at radius 1 is 1.65 bits per heavy atom. The summed E-state index contributed by atoms with van der Waals surface area (Å²) >= 11 is 1.54. The number of aliphatic hydroxyl groups excluding tert-OH is 1. The van der Waals surface area contributed by atoms with Crippen LogP contribution in [0.4, 0.5) is 0 Å². The van der Waals surface area contributed by atoms with Crippen molar-refractivity contribution in [3.05, 3.63) is 21.9 Å². The van der Waals surface area contributed by atoms with Gasteiger partial charge in [0.2, 0.25) is 0 Å². The second-order valence-electron chi connectivity index (χ2n) is 4.41. The number of nitrogens with zero attached hydrogens (tertiary/aromatic N) is 1. The first-order valence-electron chi connectivity index (χ1n) is 5.69. The van der Waals surface area contributed by atoms with Crippen LogP contribution in [0.25, 0.3) is 0 Å². The molecule has 0 spiro atoms. The van der Waals surface area contributed by atoms with Crippen molar-refractivity contribution in [1.29, 1.82) is 0 Å². The second kappa shape index (κ2) is 5.16. The highest BCUT2D eigenvalue weighted by atomic mass is 32.1. The molecule has 94 valence electrons. The van der Waals surface area contributed by atoms with E-state index in [1.807, 2.05) is 24.6 Å². The van der Waals surface area contributed by atoms with Crippen LogP contribution in [-0.4, -0.2) is 47.8 Å². The van der Waals surface area contributed by atoms with Gasteiger partial charge in [0.05, 0.1) is 30.9 Å². The van der Waals surface area contributed by atoms with Crippen LogP contribution in [0.1, 0.15) is 22.8 Å². The largest absolute Gasteiger partial charge is 0.394 e. The first-order chi connectivity index (χ1) is 8.13. The average Bonchev–Trinajstić information content (AvgIpc) is 2.75. The Bertz CT molecular complexity index is 404. The van der Waals surface area contributed by atoms with Gasteiger partial charge in [0.1, 0.15) is 0 Å². The Balaban J connectivity index is 2.15. The summed E-state index contributed by atoms with van der Waals surface area (Å²) in [6, 6.07) is 0.0598. The van der Waals surface area contributed by atoms with Gasteiger partial charge in [-0.3, -0.25) is 4.79 Å². The van der Waals surface area contributed by atoms with Gasteiger partial charge in [-0.25, -0.2) is 0 Å². The summed E-state index contributed by atoms with van der Waals surface area (Å²) in [6.07, 6.45) is -0.255. The molecular formula is C12H17NO3S. The van der Waals surface area contributed by atoms with Gasteiger partial charge < -0.3 is 14.7 Å². The van der Waals surface area contributed by atoms with Crippen molar-refractivity contribution in [3.63, 3.8) is 0 Å². The molecule has 1 N–H and O–H groups in total. The maximum atomic E-state index is 12.3. The van der Waals surface area contributed by atoms with Gasteiger partial charge in [-0.15, -0.1) is 0 Å². The minimum absolute atomic E-state index is 0.0398. The molecule has 1 aromatic heterocycles. The summed E-state index contributed by atoms with van der Waals surface area (Å²) in [5.74, 6) is 0.0398. The lowest BCUT2D eigenvalue weighted by atomic mass is 10.1. The van der Waals surface area contributed by atoms with Crippen LogP contribution in [0.2, 0.25) is 0 Å². The van der Waals surface area contributed by atoms with E-state index in [4.69, 9.17) is 9.84 Å². The van der Waals surface area contributed by atoms with Gasteiger partial charge in [-0.2, -0.15) is 11.3 Å². The Kier molecular flexibility index (Phi) is 3.81. The van der Waals surface area contributed by atoms with E-state index in [0.717, 1.165) is 11.1 Å². The van der Waals surface area contributed by atoms with Crippen molar-refractivity contribution in [2.45, 2.75) is 26.0 Å². The first-order valence-corrected chi connectivity index (χ1v) is 6.64. The number of amides is 1. The summed E-state index contributed by atoms with van der Waals surface area (Å²) in [7, 11) is 0. The number of rotatable bonds is 2. The van der Waals surface area contributed by atoms with Crippen molar-refractivity contribution in [3.8, 4) is 0 Å². The number of hydrogen-bond donors (Lipinski definition) is 1. The Morgan fingerprint density at radius 3 is 3.00 bits per heavy atom. The van der Waals surface area contributed by atoms with E-state index in [1.165, 1.54) is 11.3 Å². The number of carbonyl (C=O) groups is 1. The van der Waals surface area contributed by atoms with Crippen LogP contribution < -0.4 is 0 Å². The molecule has 1 aliphatic rings. The normalized spacial score (nSPS) is 25.0. The number of aliphatic hydroxyl groups is 1. The predicted octanol–water partition coefficient (Wildman–Crippen LogP) is 1.28. The zero-order chi connectivity index (χ0) is 12.4. The molecule has 5 heteroatoms. The maximum Gasteiger partial charge on any atom is 0.255 e. The number of thiophene rings is 1. The molecule has 4 nitrogen and oxygen atoms in total. The van der Waals surface area contributed by atoms with Crippen molar-refractivity contribution >= 4 is 17.2 Å². The molecule has 2 heterocycles. The van der Waals surface area contributed by atoms with Crippen molar-refractivity contribution < 1.29 is 14.6 Å². The molecule has 0 bridgehead atoms. The fourth-order valence-electron chi connectivity index (χ4n) is 1.95. The van der Waals surface area contributed by atoms with Gasteiger partial charge in [0.25, 0.3) is 5.91 Å². The van der Waals surface area contributed by atoms with Crippen LogP contribution in [0.15, 0.2) is 10.8 Å². The molecule has 0 radical (unpaired) electrons. The molecule has 0 aliphatic carbocycles. The third-order valence-corrected chi connectivity index (χ3v) is 3.92. The summed E-state index contributed by atoms with van der Waals surface area (Å²) in [6.45, 7) is 4.82. The zero-order valence-electron chi connectivity index (χ0n) is 10.0. The molecular weight excluding hydrogens is 238 g/mol. The summed E-state index contributed by atoms with van der Waals surface area (Å²) in [5.41, 5.74) is 1.78. The fourth-order valence-corrected chi connectivity index (χ4v) is 2.77. The molecule has 0 saturated carbocycles. The highest BCUT2D eigenvalue weighted by molar-refractivity contribution is 7.08. The van der Waals surface area contributed by atoms with E-state index in [9.17, 15) is 4.79 Å². The molecule has 1 aromatic rings. The SMILES string of the molecule is Cc1cscc1C(=O)N1CC(CO)OCC1C. The first kappa shape index (κ1) is 12.5. The molecule has 2 unspecified atom stereocenters. The number of hydrogen-bond acceptors (Lipinski definition) is 4. The predicted molar refractivity (Wildman–Crippen MR) is 66.4 cm³/mol. The fraction of sp³-hybridized carbons (Fsp3) is 0.583. The standard InChI is InChI=1S/C12H17NO3S/c1-8-6-17-7-11(8)12(15)13-3-10(4-14)16-5-9(13)2/h6-7,9-10,14H,3-5H2,1-2H3. The highest BCUT2D eigenvalue weighted by Gasteiger charge is 2.30. The molecule has 17 heavy (non-hydrogen) atoms. The van der Waals surface area contributed by atoms with Crippen LogP contribution in [-0.2, 0) is 4.74 Å². The third kappa shape index (κ3) is 2.51. The minimum atomic E-state index is -0.255. The summed E-state index contributed by atoms with van der Waals surface area (Å²) < 4.78 is 5.43. The van der Waals surface area contributed by atoms with Crippen LogP contribution >= 0.6 is 11.3 Å². The van der Waals surface area contributed by atoms with Gasteiger partial charge in [-0.1, -0.05) is 0 Å². The zero-order valence-corrected chi connectivity index (χ0v) is 10.9. The molecule has 0 aromatic carbocycles. The van der Waals surface area contributed by atoms with Crippen LogP contribution in [0.5, 0.6) is 0 Å².